The third-order valence-electron chi connectivity index (χ3n) is 4.61. The number of carbonyl (C=O) groups excluding carboxylic acids is 1. The molecule has 0 spiro atoms. The van der Waals surface area contributed by atoms with Gasteiger partial charge in [0.05, 0.1) is 11.7 Å². The van der Waals surface area contributed by atoms with Crippen LogP contribution in [0, 0.1) is 13.8 Å². The first-order chi connectivity index (χ1) is 11.5. The van der Waals surface area contributed by atoms with E-state index in [9.17, 15) is 4.79 Å². The first-order valence-corrected chi connectivity index (χ1v) is 8.57. The summed E-state index contributed by atoms with van der Waals surface area (Å²) in [6, 6.07) is 7.95. The highest BCUT2D eigenvalue weighted by atomic mass is 16.5. The van der Waals surface area contributed by atoms with Gasteiger partial charge in [-0.2, -0.15) is 0 Å². The Hall–Kier alpha value is -2.30. The fraction of sp³-hybridized carbons (Fsp3) is 0.474. The molecule has 3 rings (SSSR count). The summed E-state index contributed by atoms with van der Waals surface area (Å²) in [6.07, 6.45) is 1.88. The Morgan fingerprint density at radius 2 is 2.12 bits per heavy atom. The van der Waals surface area contributed by atoms with Crippen LogP contribution in [0.15, 0.2) is 28.8 Å². The zero-order valence-electron chi connectivity index (χ0n) is 14.8. The van der Waals surface area contributed by atoms with E-state index in [1.54, 1.807) is 0 Å². The normalized spacial score (nSPS) is 17.5. The van der Waals surface area contributed by atoms with Crippen LogP contribution in [0.2, 0.25) is 0 Å². The van der Waals surface area contributed by atoms with Gasteiger partial charge >= 0.3 is 6.03 Å². The third-order valence-corrected chi connectivity index (χ3v) is 4.61. The second-order valence-electron chi connectivity index (χ2n) is 6.91. The molecule has 1 aromatic carbocycles. The van der Waals surface area contributed by atoms with E-state index in [0.29, 0.717) is 5.92 Å². The van der Waals surface area contributed by atoms with Crippen LogP contribution in [0.25, 0.3) is 0 Å². The third kappa shape index (κ3) is 3.30. The van der Waals surface area contributed by atoms with Gasteiger partial charge in [-0.15, -0.1) is 0 Å². The molecule has 1 unspecified atom stereocenters. The van der Waals surface area contributed by atoms with Crippen molar-refractivity contribution in [2.75, 3.05) is 11.9 Å². The van der Waals surface area contributed by atoms with E-state index in [2.05, 4.69) is 24.3 Å². The number of benzene rings is 1. The van der Waals surface area contributed by atoms with E-state index in [1.807, 2.05) is 43.0 Å². The van der Waals surface area contributed by atoms with Crippen LogP contribution >= 0.6 is 0 Å². The fourth-order valence-electron chi connectivity index (χ4n) is 3.10. The van der Waals surface area contributed by atoms with Crippen LogP contribution < -0.4 is 5.32 Å². The van der Waals surface area contributed by atoms with Crippen LogP contribution in [0.3, 0.4) is 0 Å². The van der Waals surface area contributed by atoms with Gasteiger partial charge in [-0.25, -0.2) is 4.79 Å². The number of hydrogen-bond donors (Lipinski definition) is 1. The minimum Gasteiger partial charge on any atom is -0.359 e. The maximum absolute atomic E-state index is 12.8. The van der Waals surface area contributed by atoms with E-state index in [1.165, 1.54) is 0 Å². The average molecular weight is 327 g/mol. The Labute approximate surface area is 143 Å². The van der Waals surface area contributed by atoms with E-state index in [4.69, 9.17) is 4.52 Å². The first kappa shape index (κ1) is 16.6. The van der Waals surface area contributed by atoms with Gasteiger partial charge < -0.3 is 14.7 Å². The van der Waals surface area contributed by atoms with Crippen molar-refractivity contribution in [2.45, 2.75) is 52.5 Å². The summed E-state index contributed by atoms with van der Waals surface area (Å²) in [5.74, 6) is 1.11. The van der Waals surface area contributed by atoms with E-state index < -0.39 is 0 Å². The molecule has 1 aromatic heterocycles. The molecule has 2 aromatic rings. The maximum atomic E-state index is 12.8. The van der Waals surface area contributed by atoms with Gasteiger partial charge in [0.15, 0.2) is 5.76 Å². The zero-order valence-corrected chi connectivity index (χ0v) is 14.8. The number of aromatic nitrogens is 1. The molecule has 1 fully saturated rings. The quantitative estimate of drug-likeness (QED) is 0.882. The number of rotatable bonds is 3. The molecule has 2 heterocycles. The lowest BCUT2D eigenvalue weighted by Crippen LogP contribution is -2.34. The predicted octanol–water partition coefficient (Wildman–Crippen LogP) is 4.78. The van der Waals surface area contributed by atoms with Crippen molar-refractivity contribution in [1.29, 1.82) is 0 Å². The van der Waals surface area contributed by atoms with E-state index in [-0.39, 0.29) is 12.1 Å². The summed E-state index contributed by atoms with van der Waals surface area (Å²) in [6.45, 7) is 8.93. The smallest absolute Gasteiger partial charge is 0.322 e. The van der Waals surface area contributed by atoms with E-state index >= 15 is 0 Å². The number of nitrogens with one attached hydrogen (secondary N) is 1. The van der Waals surface area contributed by atoms with Crippen molar-refractivity contribution in [1.82, 2.24) is 10.1 Å². The fourth-order valence-corrected chi connectivity index (χ4v) is 3.10. The van der Waals surface area contributed by atoms with Gasteiger partial charge in [0.25, 0.3) is 0 Å². The van der Waals surface area contributed by atoms with Crippen molar-refractivity contribution in [3.63, 3.8) is 0 Å². The van der Waals surface area contributed by atoms with Crippen molar-refractivity contribution in [3.8, 4) is 0 Å². The van der Waals surface area contributed by atoms with Gasteiger partial charge in [-0.05, 0) is 49.8 Å². The van der Waals surface area contributed by atoms with Crippen LogP contribution in [-0.4, -0.2) is 22.6 Å². The molecule has 2 amide bonds. The van der Waals surface area contributed by atoms with Crippen molar-refractivity contribution < 1.29 is 9.32 Å². The molecular formula is C19H25N3O2. The number of amides is 2. The van der Waals surface area contributed by atoms with Crippen LogP contribution in [0.5, 0.6) is 0 Å². The maximum Gasteiger partial charge on any atom is 0.322 e. The van der Waals surface area contributed by atoms with Gasteiger partial charge in [0, 0.05) is 18.3 Å². The molecule has 1 N–H and O–H groups in total. The van der Waals surface area contributed by atoms with Gasteiger partial charge in [0.1, 0.15) is 0 Å². The molecule has 1 atom stereocenters. The van der Waals surface area contributed by atoms with Crippen LogP contribution in [0.1, 0.15) is 61.2 Å². The molecule has 1 saturated heterocycles. The number of carbonyl (C=O) groups is 1. The summed E-state index contributed by atoms with van der Waals surface area (Å²) in [5, 5.41) is 7.18. The standard InChI is InChI=1S/C19H25N3O2/c1-12(2)15-11-18(24-21-15)17-6-5-9-22(17)19(23)20-16-10-13(3)7-8-14(16)4/h7-8,10-12,17H,5-6,9H2,1-4H3,(H,20,23). The van der Waals surface area contributed by atoms with Crippen LogP contribution in [-0.2, 0) is 0 Å². The van der Waals surface area contributed by atoms with Crippen molar-refractivity contribution in [3.05, 3.63) is 46.8 Å². The molecule has 24 heavy (non-hydrogen) atoms. The number of likely N-dealkylation sites (tertiary alicyclic amines) is 1. The summed E-state index contributed by atoms with van der Waals surface area (Å²) in [5.41, 5.74) is 4.00. The Bertz CT molecular complexity index is 736. The van der Waals surface area contributed by atoms with Gasteiger partial charge in [-0.1, -0.05) is 31.1 Å². The topological polar surface area (TPSA) is 58.4 Å². The molecular weight excluding hydrogens is 302 g/mol. The lowest BCUT2D eigenvalue weighted by molar-refractivity contribution is 0.195. The summed E-state index contributed by atoms with van der Waals surface area (Å²) in [4.78, 5) is 14.6. The molecule has 0 aliphatic carbocycles. The highest BCUT2D eigenvalue weighted by Crippen LogP contribution is 2.34. The Morgan fingerprint density at radius 1 is 1.33 bits per heavy atom. The monoisotopic (exact) mass is 327 g/mol. The first-order valence-electron chi connectivity index (χ1n) is 8.57. The zero-order chi connectivity index (χ0) is 17.3. The molecule has 5 nitrogen and oxygen atoms in total. The van der Waals surface area contributed by atoms with Crippen molar-refractivity contribution >= 4 is 11.7 Å². The average Bonchev–Trinajstić information content (AvgIpc) is 3.18. The Balaban J connectivity index is 1.77. The lowest BCUT2D eigenvalue weighted by Gasteiger charge is -2.23. The lowest BCUT2D eigenvalue weighted by atomic mass is 10.1. The van der Waals surface area contributed by atoms with Crippen LogP contribution in [0.4, 0.5) is 10.5 Å². The van der Waals surface area contributed by atoms with E-state index in [0.717, 1.165) is 47.7 Å². The molecule has 0 saturated carbocycles. The molecule has 1 aliphatic rings. The molecule has 0 radical (unpaired) electrons. The summed E-state index contributed by atoms with van der Waals surface area (Å²) < 4.78 is 5.51. The molecule has 1 aliphatic heterocycles. The number of urea groups is 1. The predicted molar refractivity (Wildman–Crippen MR) is 94.2 cm³/mol. The highest BCUT2D eigenvalue weighted by Gasteiger charge is 2.33. The highest BCUT2D eigenvalue weighted by molar-refractivity contribution is 5.90. The number of nitrogens with zero attached hydrogens (tertiary/aromatic N) is 2. The Morgan fingerprint density at radius 3 is 2.83 bits per heavy atom. The minimum absolute atomic E-state index is 0.0323. The summed E-state index contributed by atoms with van der Waals surface area (Å²) >= 11 is 0. The van der Waals surface area contributed by atoms with Gasteiger partial charge in [-0.3, -0.25) is 0 Å². The SMILES string of the molecule is Cc1ccc(C)c(NC(=O)N2CCCC2c2cc(C(C)C)no2)c1. The second kappa shape index (κ2) is 6.67. The molecule has 5 heteroatoms. The van der Waals surface area contributed by atoms with Gasteiger partial charge in [0.2, 0.25) is 0 Å². The molecule has 0 bridgehead atoms. The number of hydrogen-bond acceptors (Lipinski definition) is 3. The Kier molecular flexibility index (Phi) is 4.60. The summed E-state index contributed by atoms with van der Waals surface area (Å²) in [7, 11) is 0. The molecule has 128 valence electrons. The minimum atomic E-state index is -0.0753. The largest absolute Gasteiger partial charge is 0.359 e. The van der Waals surface area contributed by atoms with Crippen molar-refractivity contribution in [2.24, 2.45) is 0 Å². The number of anilines is 1. The second-order valence-corrected chi connectivity index (χ2v) is 6.91. The number of aryl methyl sites for hydroxylation is 2.